The van der Waals surface area contributed by atoms with Gasteiger partial charge in [-0.25, -0.2) is 4.79 Å². The van der Waals surface area contributed by atoms with Gasteiger partial charge >= 0.3 is 5.97 Å². The molecule has 4 heteroatoms. The maximum atomic E-state index is 11.6. The van der Waals surface area contributed by atoms with Gasteiger partial charge in [0, 0.05) is 6.04 Å². The molecular weight excluding hydrogens is 238 g/mol. The van der Waals surface area contributed by atoms with E-state index in [0.717, 1.165) is 18.5 Å². The highest BCUT2D eigenvalue weighted by molar-refractivity contribution is 5.91. The number of carbonyl (C=O) groups excluding carboxylic acids is 1. The Kier molecular flexibility index (Phi) is 5.45. The van der Waals surface area contributed by atoms with Crippen molar-refractivity contribution < 1.29 is 9.53 Å². The third-order valence-electron chi connectivity index (χ3n) is 3.05. The van der Waals surface area contributed by atoms with Crippen molar-refractivity contribution in [2.45, 2.75) is 25.3 Å². The SMILES string of the molecule is COC(=O)c1ccccc1[C@H]1CCCCN1.Cl. The summed E-state index contributed by atoms with van der Waals surface area (Å²) in [5.41, 5.74) is 1.75. The van der Waals surface area contributed by atoms with Gasteiger partial charge in [0.2, 0.25) is 0 Å². The molecule has 1 aliphatic heterocycles. The number of ether oxygens (including phenoxy) is 1. The molecule has 1 aromatic carbocycles. The van der Waals surface area contributed by atoms with E-state index in [1.165, 1.54) is 20.0 Å². The molecule has 0 unspecified atom stereocenters. The maximum Gasteiger partial charge on any atom is 0.338 e. The number of carbonyl (C=O) groups is 1. The van der Waals surface area contributed by atoms with Gasteiger partial charge in [-0.05, 0) is 31.0 Å². The summed E-state index contributed by atoms with van der Waals surface area (Å²) in [6.45, 7) is 1.03. The van der Waals surface area contributed by atoms with Crippen molar-refractivity contribution in [2.24, 2.45) is 0 Å². The van der Waals surface area contributed by atoms with E-state index in [9.17, 15) is 4.79 Å². The van der Waals surface area contributed by atoms with Gasteiger partial charge < -0.3 is 10.1 Å². The van der Waals surface area contributed by atoms with Crippen LogP contribution in [0.25, 0.3) is 0 Å². The van der Waals surface area contributed by atoms with Crippen molar-refractivity contribution in [3.8, 4) is 0 Å². The second-order valence-electron chi connectivity index (χ2n) is 4.08. The minimum atomic E-state index is -0.247. The number of methoxy groups -OCH3 is 1. The molecule has 1 saturated heterocycles. The summed E-state index contributed by atoms with van der Waals surface area (Å²) in [5.74, 6) is -0.247. The summed E-state index contributed by atoms with van der Waals surface area (Å²) < 4.78 is 4.80. The lowest BCUT2D eigenvalue weighted by Gasteiger charge is -2.25. The molecule has 1 N–H and O–H groups in total. The summed E-state index contributed by atoms with van der Waals surface area (Å²) in [4.78, 5) is 11.6. The van der Waals surface area contributed by atoms with Crippen molar-refractivity contribution in [1.29, 1.82) is 0 Å². The average molecular weight is 256 g/mol. The molecule has 3 nitrogen and oxygen atoms in total. The predicted molar refractivity (Wildman–Crippen MR) is 69.6 cm³/mol. The number of rotatable bonds is 2. The van der Waals surface area contributed by atoms with E-state index >= 15 is 0 Å². The van der Waals surface area contributed by atoms with E-state index < -0.39 is 0 Å². The van der Waals surface area contributed by atoms with Gasteiger partial charge in [-0.3, -0.25) is 0 Å². The van der Waals surface area contributed by atoms with Gasteiger partial charge in [0.05, 0.1) is 12.7 Å². The first-order valence-electron chi connectivity index (χ1n) is 5.73. The zero-order valence-corrected chi connectivity index (χ0v) is 10.8. The van der Waals surface area contributed by atoms with Gasteiger partial charge in [0.15, 0.2) is 0 Å². The average Bonchev–Trinajstić information content (AvgIpc) is 2.39. The number of hydrogen-bond acceptors (Lipinski definition) is 3. The molecule has 0 aromatic heterocycles. The predicted octanol–water partition coefficient (Wildman–Crippen LogP) is 2.71. The summed E-state index contributed by atoms with van der Waals surface area (Å²) in [5, 5.41) is 3.45. The summed E-state index contributed by atoms with van der Waals surface area (Å²) >= 11 is 0. The standard InChI is InChI=1S/C13H17NO2.ClH/c1-16-13(15)11-7-3-2-6-10(11)12-8-4-5-9-14-12;/h2-3,6-7,12,14H,4-5,8-9H2,1H3;1H/t12-;/m1./s1. The quantitative estimate of drug-likeness (QED) is 0.826. The van der Waals surface area contributed by atoms with Crippen LogP contribution in [-0.2, 0) is 4.74 Å². The van der Waals surface area contributed by atoms with E-state index in [1.807, 2.05) is 24.3 Å². The lowest BCUT2D eigenvalue weighted by molar-refractivity contribution is 0.0598. The molecule has 94 valence electrons. The summed E-state index contributed by atoms with van der Waals surface area (Å²) in [6, 6.07) is 7.98. The molecule has 1 aromatic rings. The Balaban J connectivity index is 0.00000144. The topological polar surface area (TPSA) is 38.3 Å². The van der Waals surface area contributed by atoms with Crippen LogP contribution < -0.4 is 5.32 Å². The zero-order chi connectivity index (χ0) is 11.4. The van der Waals surface area contributed by atoms with Gasteiger partial charge in [-0.2, -0.15) is 0 Å². The first-order chi connectivity index (χ1) is 7.83. The van der Waals surface area contributed by atoms with Crippen molar-refractivity contribution >= 4 is 18.4 Å². The van der Waals surface area contributed by atoms with Crippen molar-refractivity contribution in [2.75, 3.05) is 13.7 Å². The fourth-order valence-corrected chi connectivity index (χ4v) is 2.21. The first-order valence-corrected chi connectivity index (χ1v) is 5.73. The van der Waals surface area contributed by atoms with E-state index in [0.29, 0.717) is 11.6 Å². The monoisotopic (exact) mass is 255 g/mol. The normalized spacial score (nSPS) is 19.2. The first kappa shape index (κ1) is 14.0. The highest BCUT2D eigenvalue weighted by Gasteiger charge is 2.20. The van der Waals surface area contributed by atoms with Crippen LogP contribution in [0.3, 0.4) is 0 Å². The van der Waals surface area contributed by atoms with E-state index in [-0.39, 0.29) is 18.4 Å². The van der Waals surface area contributed by atoms with Gasteiger partial charge in [0.25, 0.3) is 0 Å². The molecule has 0 radical (unpaired) electrons. The van der Waals surface area contributed by atoms with Crippen LogP contribution in [0, 0.1) is 0 Å². The van der Waals surface area contributed by atoms with Crippen molar-refractivity contribution in [3.63, 3.8) is 0 Å². The lowest BCUT2D eigenvalue weighted by Crippen LogP contribution is -2.28. The van der Waals surface area contributed by atoms with E-state index in [1.54, 1.807) is 0 Å². The molecule has 1 fully saturated rings. The number of nitrogens with one attached hydrogen (secondary N) is 1. The molecule has 1 heterocycles. The molecule has 17 heavy (non-hydrogen) atoms. The molecule has 0 spiro atoms. The number of esters is 1. The van der Waals surface area contributed by atoms with Crippen LogP contribution in [0.4, 0.5) is 0 Å². The smallest absolute Gasteiger partial charge is 0.338 e. The fourth-order valence-electron chi connectivity index (χ4n) is 2.21. The Morgan fingerprint density at radius 1 is 1.35 bits per heavy atom. The molecule has 1 atom stereocenters. The van der Waals surface area contributed by atoms with Gasteiger partial charge in [0.1, 0.15) is 0 Å². The minimum Gasteiger partial charge on any atom is -0.465 e. The van der Waals surface area contributed by atoms with Crippen LogP contribution in [0.5, 0.6) is 0 Å². The Bertz CT molecular complexity index is 375. The molecule has 0 aliphatic carbocycles. The van der Waals surface area contributed by atoms with Crippen LogP contribution in [0.15, 0.2) is 24.3 Å². The van der Waals surface area contributed by atoms with Gasteiger partial charge in [-0.15, -0.1) is 12.4 Å². The van der Waals surface area contributed by atoms with Gasteiger partial charge in [-0.1, -0.05) is 24.6 Å². The Morgan fingerprint density at radius 3 is 2.76 bits per heavy atom. The summed E-state index contributed by atoms with van der Waals surface area (Å²) in [7, 11) is 1.42. The molecule has 0 amide bonds. The molecule has 0 saturated carbocycles. The summed E-state index contributed by atoms with van der Waals surface area (Å²) in [6.07, 6.45) is 3.53. The lowest BCUT2D eigenvalue weighted by atomic mass is 9.94. The maximum absolute atomic E-state index is 11.6. The number of benzene rings is 1. The number of piperidine rings is 1. The second-order valence-corrected chi connectivity index (χ2v) is 4.08. The number of halogens is 1. The second kappa shape index (κ2) is 6.62. The Morgan fingerprint density at radius 2 is 2.12 bits per heavy atom. The largest absolute Gasteiger partial charge is 0.465 e. The highest BCUT2D eigenvalue weighted by Crippen LogP contribution is 2.26. The van der Waals surface area contributed by atoms with Crippen molar-refractivity contribution in [1.82, 2.24) is 5.32 Å². The molecule has 0 bridgehead atoms. The zero-order valence-electron chi connectivity index (χ0n) is 9.94. The fraction of sp³-hybridized carbons (Fsp3) is 0.462. The Labute approximate surface area is 108 Å². The molecule has 2 rings (SSSR count). The third-order valence-corrected chi connectivity index (χ3v) is 3.05. The van der Waals surface area contributed by atoms with Crippen LogP contribution in [0.1, 0.15) is 41.2 Å². The van der Waals surface area contributed by atoms with Crippen LogP contribution >= 0.6 is 12.4 Å². The highest BCUT2D eigenvalue weighted by atomic mass is 35.5. The Hall–Kier alpha value is -1.06. The third kappa shape index (κ3) is 3.20. The molecular formula is C13H18ClNO2. The van der Waals surface area contributed by atoms with Crippen LogP contribution in [0.2, 0.25) is 0 Å². The molecule has 1 aliphatic rings. The van der Waals surface area contributed by atoms with Crippen molar-refractivity contribution in [3.05, 3.63) is 35.4 Å². The minimum absolute atomic E-state index is 0. The van der Waals surface area contributed by atoms with E-state index in [2.05, 4.69) is 5.32 Å². The van der Waals surface area contributed by atoms with E-state index in [4.69, 9.17) is 4.74 Å². The number of hydrogen-bond donors (Lipinski definition) is 1. The van der Waals surface area contributed by atoms with Crippen LogP contribution in [-0.4, -0.2) is 19.6 Å².